The molecular weight excluding hydrogens is 214 g/mol. The normalized spacial score (nSPS) is 31.7. The van der Waals surface area contributed by atoms with E-state index in [1.54, 1.807) is 0 Å². The number of carbonyl (C=O) groups excluding carboxylic acids is 1. The van der Waals surface area contributed by atoms with Gasteiger partial charge in [-0.15, -0.1) is 0 Å². The summed E-state index contributed by atoms with van der Waals surface area (Å²) in [6.45, 7) is 9.47. The quantitative estimate of drug-likeness (QED) is 0.801. The van der Waals surface area contributed by atoms with Crippen LogP contribution in [0.4, 0.5) is 4.79 Å². The highest BCUT2D eigenvalue weighted by atomic mass is 16.2. The van der Waals surface area contributed by atoms with Crippen molar-refractivity contribution in [2.75, 3.05) is 6.54 Å². The Bertz CT molecular complexity index is 373. The summed E-state index contributed by atoms with van der Waals surface area (Å²) < 4.78 is 0. The second-order valence-electron chi connectivity index (χ2n) is 6.66. The molecule has 2 amide bonds. The monoisotopic (exact) mass is 237 g/mol. The molecule has 0 aromatic heterocycles. The van der Waals surface area contributed by atoms with Gasteiger partial charge in [0.2, 0.25) is 0 Å². The third kappa shape index (κ3) is 1.94. The molecule has 1 aliphatic heterocycles. The lowest BCUT2D eigenvalue weighted by Crippen LogP contribution is -2.53. The zero-order valence-corrected chi connectivity index (χ0v) is 11.3. The van der Waals surface area contributed by atoms with E-state index in [4.69, 9.17) is 5.73 Å². The van der Waals surface area contributed by atoms with Gasteiger partial charge in [-0.2, -0.15) is 4.99 Å². The number of carbonyl (C=O) groups is 1. The predicted octanol–water partition coefficient (Wildman–Crippen LogP) is 2.38. The van der Waals surface area contributed by atoms with Crippen LogP contribution < -0.4 is 5.73 Å². The third-order valence-electron chi connectivity index (χ3n) is 3.97. The number of nitrogens with two attached hydrogens (primary N) is 1. The van der Waals surface area contributed by atoms with Crippen molar-refractivity contribution in [3.05, 3.63) is 0 Å². The molecule has 1 aliphatic carbocycles. The van der Waals surface area contributed by atoms with Crippen LogP contribution in [0.2, 0.25) is 0 Å². The predicted molar refractivity (Wildman–Crippen MR) is 68.9 cm³/mol. The largest absolute Gasteiger partial charge is 0.385 e. The summed E-state index contributed by atoms with van der Waals surface area (Å²) in [5.41, 5.74) is 6.00. The number of amides is 2. The number of nitrogens with zero attached hydrogens (tertiary/aromatic N) is 2. The zero-order valence-electron chi connectivity index (χ0n) is 11.3. The molecule has 2 N–H and O–H groups in total. The number of urea groups is 1. The van der Waals surface area contributed by atoms with Gasteiger partial charge in [-0.05, 0) is 30.6 Å². The standard InChI is InChI=1S/C13H23N3O/c1-9(2)7-16-11(17)15-10(14)13(16)6-5-12(3,4)8-13/h9H,5-8H2,1-4H3,(H2,14,15,17). The van der Waals surface area contributed by atoms with E-state index in [0.29, 0.717) is 11.8 Å². The van der Waals surface area contributed by atoms with Gasteiger partial charge in [0.05, 0.1) is 0 Å². The van der Waals surface area contributed by atoms with Crippen molar-refractivity contribution in [2.45, 2.75) is 52.5 Å². The van der Waals surface area contributed by atoms with Gasteiger partial charge in [0.25, 0.3) is 0 Å². The summed E-state index contributed by atoms with van der Waals surface area (Å²) in [7, 11) is 0. The van der Waals surface area contributed by atoms with Gasteiger partial charge in [0.15, 0.2) is 0 Å². The first-order chi connectivity index (χ1) is 7.77. The van der Waals surface area contributed by atoms with Crippen molar-refractivity contribution in [3.63, 3.8) is 0 Å². The molecule has 96 valence electrons. The molecule has 2 aliphatic rings. The molecule has 4 heteroatoms. The molecule has 0 saturated heterocycles. The van der Waals surface area contributed by atoms with Crippen molar-refractivity contribution in [1.82, 2.24) is 4.90 Å². The van der Waals surface area contributed by atoms with Crippen LogP contribution in [-0.2, 0) is 0 Å². The molecule has 1 atom stereocenters. The lowest BCUT2D eigenvalue weighted by atomic mass is 9.86. The van der Waals surface area contributed by atoms with Crippen LogP contribution in [-0.4, -0.2) is 28.9 Å². The van der Waals surface area contributed by atoms with E-state index in [0.717, 1.165) is 25.8 Å². The minimum atomic E-state index is -0.287. The molecule has 0 bridgehead atoms. The molecular formula is C13H23N3O. The lowest BCUT2D eigenvalue weighted by molar-refractivity contribution is 0.155. The minimum absolute atomic E-state index is 0.145. The summed E-state index contributed by atoms with van der Waals surface area (Å²) >= 11 is 0. The van der Waals surface area contributed by atoms with E-state index >= 15 is 0 Å². The Labute approximate surface area is 103 Å². The van der Waals surface area contributed by atoms with Gasteiger partial charge in [0.1, 0.15) is 11.4 Å². The second-order valence-corrected chi connectivity index (χ2v) is 6.66. The number of hydrogen-bond donors (Lipinski definition) is 1. The number of amidine groups is 1. The van der Waals surface area contributed by atoms with E-state index in [9.17, 15) is 4.79 Å². The Kier molecular flexibility index (Phi) is 2.71. The highest BCUT2D eigenvalue weighted by Gasteiger charge is 2.54. The third-order valence-corrected chi connectivity index (χ3v) is 3.97. The summed E-state index contributed by atoms with van der Waals surface area (Å²) in [5.74, 6) is 0.981. The van der Waals surface area contributed by atoms with Crippen LogP contribution in [0.25, 0.3) is 0 Å². The van der Waals surface area contributed by atoms with Crippen molar-refractivity contribution in [1.29, 1.82) is 0 Å². The number of aliphatic imine (C=N–C) groups is 1. The van der Waals surface area contributed by atoms with E-state index in [1.807, 2.05) is 4.90 Å². The van der Waals surface area contributed by atoms with Crippen molar-refractivity contribution in [3.8, 4) is 0 Å². The maximum Gasteiger partial charge on any atom is 0.346 e. The average Bonchev–Trinajstić information content (AvgIpc) is 2.60. The molecule has 1 fully saturated rings. The zero-order chi connectivity index (χ0) is 12.8. The van der Waals surface area contributed by atoms with Crippen LogP contribution >= 0.6 is 0 Å². The molecule has 0 aromatic rings. The Morgan fingerprint density at radius 2 is 2.06 bits per heavy atom. The molecule has 0 radical (unpaired) electrons. The molecule has 0 aromatic carbocycles. The summed E-state index contributed by atoms with van der Waals surface area (Å²) in [6.07, 6.45) is 2.99. The Morgan fingerprint density at radius 3 is 2.53 bits per heavy atom. The fraction of sp³-hybridized carbons (Fsp3) is 0.846. The average molecular weight is 237 g/mol. The first kappa shape index (κ1) is 12.4. The second kappa shape index (κ2) is 3.72. The van der Waals surface area contributed by atoms with Crippen LogP contribution in [0.1, 0.15) is 47.0 Å². The Balaban J connectivity index is 2.30. The van der Waals surface area contributed by atoms with E-state index in [1.165, 1.54) is 0 Å². The molecule has 1 heterocycles. The van der Waals surface area contributed by atoms with Gasteiger partial charge in [-0.3, -0.25) is 0 Å². The Hall–Kier alpha value is -1.06. The van der Waals surface area contributed by atoms with Crippen molar-refractivity contribution in [2.24, 2.45) is 22.1 Å². The summed E-state index contributed by atoms with van der Waals surface area (Å²) in [4.78, 5) is 17.9. The number of rotatable bonds is 2. The molecule has 1 spiro atoms. The molecule has 1 saturated carbocycles. The van der Waals surface area contributed by atoms with Gasteiger partial charge in [-0.25, -0.2) is 4.79 Å². The van der Waals surface area contributed by atoms with E-state index in [2.05, 4.69) is 32.7 Å². The van der Waals surface area contributed by atoms with E-state index in [-0.39, 0.29) is 17.0 Å². The van der Waals surface area contributed by atoms with Crippen molar-refractivity contribution < 1.29 is 4.79 Å². The molecule has 4 nitrogen and oxygen atoms in total. The molecule has 1 unspecified atom stereocenters. The lowest BCUT2D eigenvalue weighted by Gasteiger charge is -2.36. The maximum absolute atomic E-state index is 12.0. The maximum atomic E-state index is 12.0. The summed E-state index contributed by atoms with van der Waals surface area (Å²) in [6, 6.07) is -0.145. The SMILES string of the molecule is CC(C)CN1C(=O)N=C(N)C12CCC(C)(C)C2. The van der Waals surface area contributed by atoms with Gasteiger partial charge in [0, 0.05) is 6.54 Å². The minimum Gasteiger partial charge on any atom is -0.385 e. The van der Waals surface area contributed by atoms with Gasteiger partial charge in [-0.1, -0.05) is 27.7 Å². The topological polar surface area (TPSA) is 58.7 Å². The van der Waals surface area contributed by atoms with Crippen LogP contribution in [0.5, 0.6) is 0 Å². The first-order valence-corrected chi connectivity index (χ1v) is 6.43. The fourth-order valence-corrected chi connectivity index (χ4v) is 3.17. The molecule has 2 rings (SSSR count). The smallest absolute Gasteiger partial charge is 0.346 e. The van der Waals surface area contributed by atoms with Crippen molar-refractivity contribution >= 4 is 11.9 Å². The molecule has 17 heavy (non-hydrogen) atoms. The van der Waals surface area contributed by atoms with Crippen LogP contribution in [0.15, 0.2) is 4.99 Å². The van der Waals surface area contributed by atoms with Gasteiger partial charge >= 0.3 is 6.03 Å². The van der Waals surface area contributed by atoms with Crippen LogP contribution in [0, 0.1) is 11.3 Å². The first-order valence-electron chi connectivity index (χ1n) is 6.43. The highest BCUT2D eigenvalue weighted by Crippen LogP contribution is 2.48. The summed E-state index contributed by atoms with van der Waals surface area (Å²) in [5, 5.41) is 0. The highest BCUT2D eigenvalue weighted by molar-refractivity contribution is 6.06. The fourth-order valence-electron chi connectivity index (χ4n) is 3.17. The van der Waals surface area contributed by atoms with Gasteiger partial charge < -0.3 is 10.6 Å². The van der Waals surface area contributed by atoms with Crippen LogP contribution in [0.3, 0.4) is 0 Å². The number of hydrogen-bond acceptors (Lipinski definition) is 2. The Morgan fingerprint density at radius 1 is 1.41 bits per heavy atom. The van der Waals surface area contributed by atoms with E-state index < -0.39 is 0 Å².